The maximum atomic E-state index is 13.2. The van der Waals surface area contributed by atoms with Gasteiger partial charge in [0.15, 0.2) is 0 Å². The first-order valence-corrected chi connectivity index (χ1v) is 12.0. The van der Waals surface area contributed by atoms with Gasteiger partial charge in [-0.15, -0.1) is 0 Å². The van der Waals surface area contributed by atoms with Gasteiger partial charge in [0.1, 0.15) is 11.9 Å². The van der Waals surface area contributed by atoms with Crippen LogP contribution in [0.15, 0.2) is 30.3 Å². The van der Waals surface area contributed by atoms with Crippen LogP contribution in [0.25, 0.3) is 5.57 Å². The van der Waals surface area contributed by atoms with Crippen LogP contribution in [-0.4, -0.2) is 48.8 Å². The Kier molecular flexibility index (Phi) is 4.59. The summed E-state index contributed by atoms with van der Waals surface area (Å²) < 4.78 is 25.2. The third kappa shape index (κ3) is 3.36. The molecule has 1 spiro atoms. The average Bonchev–Trinajstić information content (AvgIpc) is 3.46. The number of ether oxygens (including phenoxy) is 2. The second-order valence-corrected chi connectivity index (χ2v) is 10.8. The third-order valence-corrected chi connectivity index (χ3v) is 9.04. The van der Waals surface area contributed by atoms with Gasteiger partial charge in [-0.2, -0.15) is 0 Å². The van der Waals surface area contributed by atoms with E-state index < -0.39 is 0 Å². The Morgan fingerprint density at radius 1 is 1.23 bits per heavy atom. The molecule has 0 aromatic heterocycles. The molecule has 0 unspecified atom stereocenters. The Morgan fingerprint density at radius 2 is 2.03 bits per heavy atom. The van der Waals surface area contributed by atoms with Gasteiger partial charge in [-0.1, -0.05) is 25.1 Å². The Morgan fingerprint density at radius 3 is 2.74 bits per heavy atom. The van der Waals surface area contributed by atoms with E-state index in [2.05, 4.69) is 17.9 Å². The highest BCUT2D eigenvalue weighted by Gasteiger charge is 2.65. The molecular weight excluding hydrogens is 393 g/mol. The summed E-state index contributed by atoms with van der Waals surface area (Å²) in [7, 11) is 0. The lowest BCUT2D eigenvalue weighted by Crippen LogP contribution is -2.51. The molecule has 0 bridgehead atoms. The standard InChI is InChI=1S/C26H32FNO3/c1-25-9-2-10-26(16-30-26)23(25)13-20-21(24(29)31-22(20)14-25)15-28-11-7-18(8-12-28)17-3-5-19(27)6-4-17/h3-7,20-23H,2,8-16H2,1H3/t20-,21-,22+,23+,25+,26+/m0/s1. The van der Waals surface area contributed by atoms with Crippen LogP contribution in [-0.2, 0) is 14.3 Å². The van der Waals surface area contributed by atoms with Crippen molar-refractivity contribution in [2.24, 2.45) is 23.2 Å². The highest BCUT2D eigenvalue weighted by Crippen LogP contribution is 2.62. The van der Waals surface area contributed by atoms with Gasteiger partial charge < -0.3 is 9.47 Å². The number of benzene rings is 1. The summed E-state index contributed by atoms with van der Waals surface area (Å²) in [5, 5.41) is 0. The van der Waals surface area contributed by atoms with Gasteiger partial charge >= 0.3 is 5.97 Å². The molecule has 1 aromatic rings. The van der Waals surface area contributed by atoms with Crippen LogP contribution in [0.3, 0.4) is 0 Å². The number of hydrogen-bond donors (Lipinski definition) is 0. The normalized spacial score (nSPS) is 42.0. The molecular formula is C26H32FNO3. The maximum absolute atomic E-state index is 13.2. The minimum absolute atomic E-state index is 0.0105. The van der Waals surface area contributed by atoms with Gasteiger partial charge in [0.2, 0.25) is 0 Å². The smallest absolute Gasteiger partial charge is 0.310 e. The summed E-state index contributed by atoms with van der Waals surface area (Å²) >= 11 is 0. The fraction of sp³-hybridized carbons (Fsp3) is 0.654. The van der Waals surface area contributed by atoms with Crippen LogP contribution in [0, 0.1) is 29.0 Å². The second kappa shape index (κ2) is 7.14. The lowest BCUT2D eigenvalue weighted by molar-refractivity contribution is -0.147. The lowest BCUT2D eigenvalue weighted by Gasteiger charge is -2.51. The molecule has 1 aromatic carbocycles. The van der Waals surface area contributed by atoms with E-state index in [-0.39, 0.29) is 34.8 Å². The van der Waals surface area contributed by atoms with Gasteiger partial charge in [-0.05, 0) is 73.1 Å². The van der Waals surface area contributed by atoms with E-state index in [9.17, 15) is 9.18 Å². The first kappa shape index (κ1) is 19.9. The van der Waals surface area contributed by atoms with Gasteiger partial charge in [-0.3, -0.25) is 9.69 Å². The molecule has 0 N–H and O–H groups in total. The van der Waals surface area contributed by atoms with Crippen LogP contribution in [0.4, 0.5) is 4.39 Å². The van der Waals surface area contributed by atoms with E-state index in [0.717, 1.165) is 51.1 Å². The zero-order valence-corrected chi connectivity index (χ0v) is 18.3. The van der Waals surface area contributed by atoms with Crippen molar-refractivity contribution in [2.75, 3.05) is 26.2 Å². The zero-order valence-electron chi connectivity index (χ0n) is 18.3. The van der Waals surface area contributed by atoms with Gasteiger partial charge in [-0.25, -0.2) is 4.39 Å². The monoisotopic (exact) mass is 425 g/mol. The molecule has 31 heavy (non-hydrogen) atoms. The highest BCUT2D eigenvalue weighted by atomic mass is 19.1. The molecule has 5 heteroatoms. The number of epoxide rings is 1. The Labute approximate surface area is 183 Å². The molecule has 0 amide bonds. The molecule has 3 aliphatic heterocycles. The Hall–Kier alpha value is -1.72. The van der Waals surface area contributed by atoms with E-state index in [1.54, 1.807) is 0 Å². The van der Waals surface area contributed by atoms with Crippen LogP contribution < -0.4 is 0 Å². The number of rotatable bonds is 3. The van der Waals surface area contributed by atoms with Gasteiger partial charge in [0.05, 0.1) is 18.1 Å². The van der Waals surface area contributed by atoms with Crippen molar-refractivity contribution in [1.82, 2.24) is 4.90 Å². The molecule has 166 valence electrons. The van der Waals surface area contributed by atoms with Crippen LogP contribution >= 0.6 is 0 Å². The number of fused-ring (bicyclic) bond motifs is 3. The molecule has 2 saturated carbocycles. The Balaban J connectivity index is 1.15. The number of carbonyl (C=O) groups excluding carboxylic acids is 1. The number of hydrogen-bond acceptors (Lipinski definition) is 4. The van der Waals surface area contributed by atoms with E-state index in [0.29, 0.717) is 11.8 Å². The molecule has 3 heterocycles. The quantitative estimate of drug-likeness (QED) is 0.530. The summed E-state index contributed by atoms with van der Waals surface area (Å²) in [6.07, 6.45) is 8.98. The number of carbonyl (C=O) groups is 1. The van der Waals surface area contributed by atoms with Crippen molar-refractivity contribution < 1.29 is 18.7 Å². The van der Waals surface area contributed by atoms with Crippen molar-refractivity contribution >= 4 is 11.5 Å². The van der Waals surface area contributed by atoms with E-state index in [1.165, 1.54) is 37.0 Å². The molecule has 2 aliphatic carbocycles. The van der Waals surface area contributed by atoms with Gasteiger partial charge in [0.25, 0.3) is 0 Å². The van der Waals surface area contributed by atoms with Crippen LogP contribution in [0.2, 0.25) is 0 Å². The second-order valence-electron chi connectivity index (χ2n) is 10.8. The van der Waals surface area contributed by atoms with Crippen LogP contribution in [0.1, 0.15) is 51.0 Å². The predicted octanol–water partition coefficient (Wildman–Crippen LogP) is 4.44. The summed E-state index contributed by atoms with van der Waals surface area (Å²) in [5.41, 5.74) is 2.72. The summed E-state index contributed by atoms with van der Waals surface area (Å²) in [6, 6.07) is 6.76. The summed E-state index contributed by atoms with van der Waals surface area (Å²) in [4.78, 5) is 15.3. The summed E-state index contributed by atoms with van der Waals surface area (Å²) in [6.45, 7) is 5.86. The number of esters is 1. The minimum Gasteiger partial charge on any atom is -0.462 e. The third-order valence-electron chi connectivity index (χ3n) is 9.04. The SMILES string of the molecule is C[C@]12CCC[C@@]3(CO3)[C@@H]1C[C@H]1[C@H](CN3CC=C(c4ccc(F)cc4)CC3)C(=O)O[C@@H]1C2. The van der Waals surface area contributed by atoms with Crippen LogP contribution in [0.5, 0.6) is 0 Å². The maximum Gasteiger partial charge on any atom is 0.310 e. The highest BCUT2D eigenvalue weighted by molar-refractivity contribution is 5.76. The van der Waals surface area contributed by atoms with Crippen molar-refractivity contribution in [1.29, 1.82) is 0 Å². The molecule has 5 aliphatic rings. The van der Waals surface area contributed by atoms with Crippen molar-refractivity contribution in [3.05, 3.63) is 41.7 Å². The van der Waals surface area contributed by atoms with E-state index >= 15 is 0 Å². The average molecular weight is 426 g/mol. The number of halogens is 1. The van der Waals surface area contributed by atoms with E-state index in [1.807, 2.05) is 12.1 Å². The fourth-order valence-corrected chi connectivity index (χ4v) is 7.25. The fourth-order valence-electron chi connectivity index (χ4n) is 7.25. The summed E-state index contributed by atoms with van der Waals surface area (Å²) in [5.74, 6) is 0.686. The number of nitrogens with zero attached hydrogens (tertiary/aromatic N) is 1. The molecule has 2 saturated heterocycles. The van der Waals surface area contributed by atoms with Crippen molar-refractivity contribution in [3.63, 3.8) is 0 Å². The lowest BCUT2D eigenvalue weighted by atomic mass is 9.53. The molecule has 0 radical (unpaired) electrons. The molecule has 4 fully saturated rings. The topological polar surface area (TPSA) is 42.1 Å². The van der Waals surface area contributed by atoms with Crippen molar-refractivity contribution in [2.45, 2.75) is 57.2 Å². The molecule has 6 rings (SSSR count). The molecule has 4 nitrogen and oxygen atoms in total. The van der Waals surface area contributed by atoms with E-state index in [4.69, 9.17) is 9.47 Å². The predicted molar refractivity (Wildman–Crippen MR) is 116 cm³/mol. The first-order valence-electron chi connectivity index (χ1n) is 12.0. The first-order chi connectivity index (χ1) is 15.0. The minimum atomic E-state index is -0.198. The largest absolute Gasteiger partial charge is 0.462 e. The molecule has 6 atom stereocenters. The Bertz CT molecular complexity index is 908. The van der Waals surface area contributed by atoms with Gasteiger partial charge in [0, 0.05) is 25.6 Å². The van der Waals surface area contributed by atoms with Crippen molar-refractivity contribution in [3.8, 4) is 0 Å². The zero-order chi connectivity index (χ0) is 21.2.